The van der Waals surface area contributed by atoms with Crippen LogP contribution < -0.4 is 15.4 Å². The molecule has 0 aliphatic heterocycles. The molecule has 0 spiro atoms. The first-order valence-corrected chi connectivity index (χ1v) is 18.5. The first-order valence-electron chi connectivity index (χ1n) is 16.5. The lowest BCUT2D eigenvalue weighted by Crippen LogP contribution is -2.28. The van der Waals surface area contributed by atoms with Gasteiger partial charge < -0.3 is 15.4 Å². The molecule has 0 radical (unpaired) electrons. The van der Waals surface area contributed by atoms with E-state index in [2.05, 4.69) is 49.6 Å². The molecule has 51 heavy (non-hydrogen) atoms. The number of benzene rings is 5. The summed E-state index contributed by atoms with van der Waals surface area (Å²) in [5.41, 5.74) is 5.37. The summed E-state index contributed by atoms with van der Waals surface area (Å²) >= 11 is 6.59. The second-order valence-electron chi connectivity index (χ2n) is 13.5. The van der Waals surface area contributed by atoms with Crippen molar-refractivity contribution in [3.63, 3.8) is 0 Å². The third-order valence-corrected chi connectivity index (χ3v) is 9.22. The molecule has 8 nitrogen and oxygen atoms in total. The maximum Gasteiger partial charge on any atom is 0.266 e. The predicted octanol–water partition coefficient (Wildman–Crippen LogP) is 8.81. The van der Waals surface area contributed by atoms with Crippen LogP contribution in [0.3, 0.4) is 0 Å². The molecule has 5 aromatic rings. The predicted molar refractivity (Wildman–Crippen MR) is 206 cm³/mol. The van der Waals surface area contributed by atoms with E-state index in [9.17, 15) is 18.0 Å². The number of ether oxygens (including phenoxy) is 1. The van der Waals surface area contributed by atoms with Gasteiger partial charge in [-0.2, -0.15) is 8.42 Å². The average molecular weight is 725 g/mol. The molecule has 2 amide bonds. The van der Waals surface area contributed by atoms with Crippen LogP contribution in [0.15, 0.2) is 109 Å². The lowest BCUT2D eigenvalue weighted by molar-refractivity contribution is -0.117. The minimum atomic E-state index is -4.19. The summed E-state index contributed by atoms with van der Waals surface area (Å²) in [4.78, 5) is 26.6. The summed E-state index contributed by atoms with van der Waals surface area (Å²) in [5, 5.41) is 8.15. The van der Waals surface area contributed by atoms with Crippen LogP contribution in [0.5, 0.6) is 5.75 Å². The molecule has 0 aliphatic rings. The third-order valence-electron chi connectivity index (χ3n) is 8.28. The Bertz CT molecular complexity index is 2170. The lowest BCUT2D eigenvalue weighted by atomic mass is 9.89. The first kappa shape index (κ1) is 37.3. The lowest BCUT2D eigenvalue weighted by Gasteiger charge is -2.19. The Morgan fingerprint density at radius 2 is 1.55 bits per heavy atom. The zero-order chi connectivity index (χ0) is 36.8. The van der Waals surface area contributed by atoms with E-state index in [0.717, 1.165) is 44.3 Å². The Morgan fingerprint density at radius 1 is 0.863 bits per heavy atom. The van der Waals surface area contributed by atoms with Crippen LogP contribution in [0.25, 0.3) is 28.0 Å². The van der Waals surface area contributed by atoms with Crippen LogP contribution in [0.2, 0.25) is 5.02 Å². The number of halogens is 1. The van der Waals surface area contributed by atoms with Crippen LogP contribution in [0.4, 0.5) is 5.69 Å². The van der Waals surface area contributed by atoms with Crippen molar-refractivity contribution in [2.24, 2.45) is 5.41 Å². The zero-order valence-electron chi connectivity index (χ0n) is 28.9. The molecular formula is C41H41ClN2O6S. The molecule has 0 aliphatic carbocycles. The second-order valence-corrected chi connectivity index (χ2v) is 15.5. The van der Waals surface area contributed by atoms with Crippen LogP contribution in [-0.2, 0) is 21.3 Å². The van der Waals surface area contributed by atoms with Gasteiger partial charge in [-0.05, 0) is 99.0 Å². The van der Waals surface area contributed by atoms with Crippen molar-refractivity contribution in [2.45, 2.75) is 33.1 Å². The van der Waals surface area contributed by atoms with Gasteiger partial charge in [-0.1, -0.05) is 99.1 Å². The van der Waals surface area contributed by atoms with E-state index < -0.39 is 27.7 Å². The van der Waals surface area contributed by atoms with Crippen molar-refractivity contribution in [2.75, 3.05) is 24.7 Å². The highest BCUT2D eigenvalue weighted by molar-refractivity contribution is 7.85. The Kier molecular flexibility index (Phi) is 11.7. The van der Waals surface area contributed by atoms with Gasteiger partial charge in [-0.25, -0.2) is 0 Å². The molecule has 0 aromatic heterocycles. The Balaban J connectivity index is 1.40. The molecule has 1 atom stereocenters. The minimum Gasteiger partial charge on any atom is -0.497 e. The fraction of sp³-hybridized carbons (Fsp3) is 0.220. The van der Waals surface area contributed by atoms with Gasteiger partial charge in [-0.15, -0.1) is 0 Å². The summed E-state index contributed by atoms with van der Waals surface area (Å²) in [6.45, 7) is 6.17. The summed E-state index contributed by atoms with van der Waals surface area (Å²) in [7, 11) is -2.55. The Morgan fingerprint density at radius 3 is 2.22 bits per heavy atom. The maximum absolute atomic E-state index is 14.1. The van der Waals surface area contributed by atoms with Crippen molar-refractivity contribution in [3.8, 4) is 16.9 Å². The van der Waals surface area contributed by atoms with E-state index in [-0.39, 0.29) is 17.9 Å². The molecule has 264 valence electrons. The smallest absolute Gasteiger partial charge is 0.266 e. The largest absolute Gasteiger partial charge is 0.497 e. The third kappa shape index (κ3) is 10.8. The molecule has 5 rings (SSSR count). The molecule has 0 saturated carbocycles. The summed E-state index contributed by atoms with van der Waals surface area (Å²) in [6, 6.07) is 32.2. The molecule has 0 saturated heterocycles. The number of fused-ring (bicyclic) bond motifs is 1. The van der Waals surface area contributed by atoms with Crippen LogP contribution in [-0.4, -0.2) is 44.2 Å². The number of anilines is 1. The normalized spacial score (nSPS) is 12.5. The van der Waals surface area contributed by atoms with Crippen LogP contribution in [0, 0.1) is 5.41 Å². The Labute approximate surface area is 304 Å². The van der Waals surface area contributed by atoms with Crippen LogP contribution >= 0.6 is 11.6 Å². The fourth-order valence-electron chi connectivity index (χ4n) is 5.56. The quantitative estimate of drug-likeness (QED) is 0.111. The number of carbonyl (C=O) groups excluding carboxylic acids is 2. The highest BCUT2D eigenvalue weighted by Gasteiger charge is 2.22. The monoisotopic (exact) mass is 724 g/mol. The molecule has 1 unspecified atom stereocenters. The number of carbonyl (C=O) groups is 2. The van der Waals surface area contributed by atoms with Gasteiger partial charge in [0.1, 0.15) is 5.75 Å². The van der Waals surface area contributed by atoms with Crippen LogP contribution in [0.1, 0.15) is 53.7 Å². The molecule has 0 fully saturated rings. The maximum atomic E-state index is 14.1. The summed E-state index contributed by atoms with van der Waals surface area (Å²) in [6.07, 6.45) is 4.54. The number of allylic oxidation sites excluding steroid dienone is 1. The van der Waals surface area contributed by atoms with Crippen molar-refractivity contribution >= 4 is 56.1 Å². The molecule has 10 heteroatoms. The van der Waals surface area contributed by atoms with E-state index in [4.69, 9.17) is 20.9 Å². The summed E-state index contributed by atoms with van der Waals surface area (Å²) in [5.74, 6) is -1.08. The van der Waals surface area contributed by atoms with Gasteiger partial charge in [0.2, 0.25) is 5.91 Å². The molecule has 3 N–H and O–H groups in total. The minimum absolute atomic E-state index is 0.0247. The number of nitrogens with one attached hydrogen (secondary N) is 2. The van der Waals surface area contributed by atoms with E-state index >= 15 is 0 Å². The number of rotatable bonds is 12. The summed E-state index contributed by atoms with van der Waals surface area (Å²) < 4.78 is 36.3. The van der Waals surface area contributed by atoms with E-state index in [1.165, 1.54) is 0 Å². The van der Waals surface area contributed by atoms with Gasteiger partial charge in [0, 0.05) is 22.8 Å². The van der Waals surface area contributed by atoms with Gasteiger partial charge in [0.05, 0.1) is 18.8 Å². The van der Waals surface area contributed by atoms with E-state index in [0.29, 0.717) is 22.7 Å². The van der Waals surface area contributed by atoms with Gasteiger partial charge in [-0.3, -0.25) is 14.1 Å². The highest BCUT2D eigenvalue weighted by atomic mass is 35.5. The molecule has 0 bridgehead atoms. The topological polar surface area (TPSA) is 122 Å². The van der Waals surface area contributed by atoms with Gasteiger partial charge in [0.15, 0.2) is 0 Å². The van der Waals surface area contributed by atoms with Crippen molar-refractivity contribution in [1.82, 2.24) is 5.32 Å². The van der Waals surface area contributed by atoms with Crippen molar-refractivity contribution in [3.05, 3.63) is 136 Å². The molecular weight excluding hydrogens is 684 g/mol. The SMILES string of the molecule is COc1ccc2cc(-c3cc(Cl)cc(NC(=O)C(Cc4ccc(C(=O)NCCS(=O)(=O)O)cc4)c4ccc(/C=C/C(C)(C)C)cc4)c3)ccc2c1. The standard InChI is InChI=1S/C41H41ClN2O6S/c1-41(2,3)18-17-27-5-9-29(10-6-27)38(21-28-7-11-30(12-8-28)39(45)43-19-20-51(47,48)49)40(46)44-36-24-34(23-35(42)26-36)32-13-14-33-25-37(50-4)16-15-31(33)22-32/h5-18,22-26,38H,19-21H2,1-4H3,(H,43,45)(H,44,46)(H,47,48,49)/b18-17+. The van der Waals surface area contributed by atoms with Gasteiger partial charge in [0.25, 0.3) is 16.0 Å². The average Bonchev–Trinajstić information content (AvgIpc) is 3.08. The van der Waals surface area contributed by atoms with Crippen molar-refractivity contribution in [1.29, 1.82) is 0 Å². The highest BCUT2D eigenvalue weighted by Crippen LogP contribution is 2.32. The second kappa shape index (κ2) is 15.9. The number of methoxy groups -OCH3 is 1. The first-order chi connectivity index (χ1) is 24.2. The Hall–Kier alpha value is -4.96. The molecule has 0 heterocycles. The van der Waals surface area contributed by atoms with Crippen molar-refractivity contribution < 1.29 is 27.3 Å². The fourth-order valence-corrected chi connectivity index (χ4v) is 6.15. The number of hydrogen-bond donors (Lipinski definition) is 3. The zero-order valence-corrected chi connectivity index (χ0v) is 30.5. The van der Waals surface area contributed by atoms with E-state index in [1.54, 1.807) is 37.4 Å². The number of amides is 2. The van der Waals surface area contributed by atoms with E-state index in [1.807, 2.05) is 66.7 Å². The number of hydrogen-bond acceptors (Lipinski definition) is 5. The van der Waals surface area contributed by atoms with Gasteiger partial charge >= 0.3 is 0 Å². The molecule has 5 aromatic carbocycles.